The fraction of sp³-hybridized carbons (Fsp3) is 0.538. The Morgan fingerprint density at radius 3 is 2.59 bits per heavy atom. The number of rotatable bonds is 7. The minimum absolute atomic E-state index is 0.200. The Bertz CT molecular complexity index is 303. The molecule has 0 aromatic heterocycles. The maximum atomic E-state index is 11.3. The molecule has 0 radical (unpaired) electrons. The van der Waals surface area contributed by atoms with E-state index in [0.29, 0.717) is 6.61 Å². The average Bonchev–Trinajstić information content (AvgIpc) is 2.33. The lowest BCUT2D eigenvalue weighted by molar-refractivity contribution is -0.139. The summed E-state index contributed by atoms with van der Waals surface area (Å²) in [7, 11) is 0. The third-order valence-electron chi connectivity index (χ3n) is 1.94. The molecule has 0 rings (SSSR count). The zero-order valence-corrected chi connectivity index (χ0v) is 10.7. The molecular formula is C13H20O4. The van der Waals surface area contributed by atoms with Gasteiger partial charge in [-0.05, 0) is 20.3 Å². The highest BCUT2D eigenvalue weighted by Crippen LogP contribution is 2.00. The Balaban J connectivity index is 3.98. The third kappa shape index (κ3) is 8.25. The molecular weight excluding hydrogens is 220 g/mol. The van der Waals surface area contributed by atoms with Crippen LogP contribution in [0, 0.1) is 0 Å². The molecule has 0 fully saturated rings. The summed E-state index contributed by atoms with van der Waals surface area (Å²) in [6, 6.07) is 0. The van der Waals surface area contributed by atoms with Crippen LogP contribution in [0.2, 0.25) is 0 Å². The summed E-state index contributed by atoms with van der Waals surface area (Å²) in [6.07, 6.45) is 6.58. The van der Waals surface area contributed by atoms with Crippen molar-refractivity contribution in [1.82, 2.24) is 0 Å². The van der Waals surface area contributed by atoms with Crippen molar-refractivity contribution in [2.75, 3.05) is 6.61 Å². The number of esters is 2. The maximum absolute atomic E-state index is 11.3. The minimum atomic E-state index is -0.447. The highest BCUT2D eigenvalue weighted by atomic mass is 16.5. The van der Waals surface area contributed by atoms with Crippen molar-refractivity contribution in [3.8, 4) is 0 Å². The number of carbonyl (C=O) groups excluding carboxylic acids is 2. The Morgan fingerprint density at radius 2 is 2.00 bits per heavy atom. The molecule has 0 bridgehead atoms. The van der Waals surface area contributed by atoms with Gasteiger partial charge in [0.15, 0.2) is 0 Å². The molecule has 0 aliphatic heterocycles. The van der Waals surface area contributed by atoms with E-state index in [4.69, 9.17) is 9.47 Å². The summed E-state index contributed by atoms with van der Waals surface area (Å²) < 4.78 is 9.73. The van der Waals surface area contributed by atoms with Gasteiger partial charge in [0.25, 0.3) is 0 Å². The van der Waals surface area contributed by atoms with Crippen molar-refractivity contribution in [1.29, 1.82) is 0 Å². The number of unbranched alkanes of at least 4 members (excludes halogenated alkanes) is 1. The van der Waals surface area contributed by atoms with Gasteiger partial charge in [-0.25, -0.2) is 4.79 Å². The van der Waals surface area contributed by atoms with Gasteiger partial charge in [-0.3, -0.25) is 4.79 Å². The Kier molecular flexibility index (Phi) is 8.74. The lowest BCUT2D eigenvalue weighted by Gasteiger charge is -2.03. The maximum Gasteiger partial charge on any atom is 0.336 e. The molecule has 0 saturated carbocycles. The van der Waals surface area contributed by atoms with Crippen molar-refractivity contribution < 1.29 is 19.1 Å². The van der Waals surface area contributed by atoms with E-state index in [1.165, 1.54) is 0 Å². The lowest BCUT2D eigenvalue weighted by Crippen LogP contribution is -2.08. The smallest absolute Gasteiger partial charge is 0.336 e. The van der Waals surface area contributed by atoms with Gasteiger partial charge in [0.2, 0.25) is 0 Å². The number of allylic oxidation sites excluding steroid dienone is 1. The van der Waals surface area contributed by atoms with Crippen molar-refractivity contribution in [3.05, 3.63) is 24.0 Å². The van der Waals surface area contributed by atoms with Gasteiger partial charge in [-0.2, -0.15) is 0 Å². The summed E-state index contributed by atoms with van der Waals surface area (Å²) in [4.78, 5) is 22.5. The molecule has 0 aliphatic carbocycles. The quantitative estimate of drug-likeness (QED) is 0.226. The van der Waals surface area contributed by atoms with E-state index in [2.05, 4.69) is 0 Å². The summed E-state index contributed by atoms with van der Waals surface area (Å²) in [5.74, 6) is -0.846. The van der Waals surface area contributed by atoms with Gasteiger partial charge in [0.05, 0.1) is 18.6 Å². The topological polar surface area (TPSA) is 52.6 Å². The van der Waals surface area contributed by atoms with Gasteiger partial charge in [0.1, 0.15) is 6.26 Å². The van der Waals surface area contributed by atoms with E-state index in [1.54, 1.807) is 19.1 Å². The van der Waals surface area contributed by atoms with Crippen LogP contribution in [0.15, 0.2) is 24.0 Å². The molecule has 0 saturated heterocycles. The predicted octanol–water partition coefficient (Wildman–Crippen LogP) is 2.74. The van der Waals surface area contributed by atoms with Crippen molar-refractivity contribution in [2.24, 2.45) is 0 Å². The Labute approximate surface area is 102 Å². The molecule has 4 nitrogen and oxygen atoms in total. The van der Waals surface area contributed by atoms with E-state index < -0.39 is 11.9 Å². The Morgan fingerprint density at radius 1 is 1.29 bits per heavy atom. The lowest BCUT2D eigenvalue weighted by atomic mass is 10.3. The first-order valence-corrected chi connectivity index (χ1v) is 5.76. The van der Waals surface area contributed by atoms with E-state index in [1.807, 2.05) is 13.8 Å². The first-order chi connectivity index (χ1) is 8.11. The second kappa shape index (κ2) is 9.63. The third-order valence-corrected chi connectivity index (χ3v) is 1.94. The number of ether oxygens (including phenoxy) is 2. The molecule has 0 N–H and O–H groups in total. The largest absolute Gasteiger partial charge is 0.462 e. The second-order valence-electron chi connectivity index (χ2n) is 3.55. The summed E-state index contributed by atoms with van der Waals surface area (Å²) in [5.41, 5.74) is 0.287. The van der Waals surface area contributed by atoms with Crippen LogP contribution in [0.25, 0.3) is 0 Å². The second-order valence-corrected chi connectivity index (χ2v) is 3.55. The average molecular weight is 240 g/mol. The van der Waals surface area contributed by atoms with Gasteiger partial charge >= 0.3 is 11.9 Å². The molecule has 0 aromatic carbocycles. The van der Waals surface area contributed by atoms with Crippen LogP contribution in [-0.2, 0) is 19.1 Å². The molecule has 96 valence electrons. The summed E-state index contributed by atoms with van der Waals surface area (Å²) >= 11 is 0. The van der Waals surface area contributed by atoms with E-state index in [0.717, 1.165) is 19.1 Å². The predicted molar refractivity (Wildman–Crippen MR) is 65.1 cm³/mol. The minimum Gasteiger partial charge on any atom is -0.462 e. The van der Waals surface area contributed by atoms with Gasteiger partial charge in [-0.15, -0.1) is 0 Å². The summed E-state index contributed by atoms with van der Waals surface area (Å²) in [5, 5.41) is 0. The molecule has 0 amide bonds. The molecule has 17 heavy (non-hydrogen) atoms. The molecule has 4 heteroatoms. The van der Waals surface area contributed by atoms with Crippen molar-refractivity contribution >= 4 is 11.9 Å². The Hall–Kier alpha value is -1.58. The standard InChI is InChI=1S/C13H20O4/c1-4-6-8-12(14)17-10-11(3)13(15)16-9-7-5-2/h4,6,10H,5,7-9H2,1-3H3. The molecule has 0 atom stereocenters. The zero-order chi connectivity index (χ0) is 13.1. The highest BCUT2D eigenvalue weighted by Gasteiger charge is 2.06. The fourth-order valence-electron chi connectivity index (χ4n) is 0.887. The van der Waals surface area contributed by atoms with Gasteiger partial charge in [0, 0.05) is 0 Å². The van der Waals surface area contributed by atoms with Gasteiger partial charge < -0.3 is 9.47 Å². The first kappa shape index (κ1) is 15.4. The highest BCUT2D eigenvalue weighted by molar-refractivity contribution is 5.87. The van der Waals surface area contributed by atoms with Crippen LogP contribution in [0.1, 0.15) is 40.0 Å². The van der Waals surface area contributed by atoms with Crippen molar-refractivity contribution in [3.63, 3.8) is 0 Å². The molecule has 0 spiro atoms. The molecule has 0 aromatic rings. The normalized spacial score (nSPS) is 11.6. The molecule has 0 heterocycles. The zero-order valence-electron chi connectivity index (χ0n) is 10.7. The number of hydrogen-bond acceptors (Lipinski definition) is 4. The van der Waals surface area contributed by atoms with Crippen LogP contribution in [0.5, 0.6) is 0 Å². The van der Waals surface area contributed by atoms with Crippen molar-refractivity contribution in [2.45, 2.75) is 40.0 Å². The fourth-order valence-corrected chi connectivity index (χ4v) is 0.887. The monoisotopic (exact) mass is 240 g/mol. The molecule has 0 aliphatic rings. The van der Waals surface area contributed by atoms with E-state index >= 15 is 0 Å². The molecule has 0 unspecified atom stereocenters. The van der Waals surface area contributed by atoms with Crippen LogP contribution in [0.4, 0.5) is 0 Å². The van der Waals surface area contributed by atoms with E-state index in [-0.39, 0.29) is 12.0 Å². The van der Waals surface area contributed by atoms with Crippen LogP contribution < -0.4 is 0 Å². The van der Waals surface area contributed by atoms with Crippen LogP contribution in [0.3, 0.4) is 0 Å². The number of hydrogen-bond donors (Lipinski definition) is 0. The SMILES string of the molecule is CC=CCC(=O)OC=C(C)C(=O)OCCCC. The van der Waals surface area contributed by atoms with Gasteiger partial charge in [-0.1, -0.05) is 25.5 Å². The van der Waals surface area contributed by atoms with E-state index in [9.17, 15) is 9.59 Å². The number of carbonyl (C=O) groups is 2. The summed E-state index contributed by atoms with van der Waals surface area (Å²) in [6.45, 7) is 5.78. The van der Waals surface area contributed by atoms with Crippen LogP contribution >= 0.6 is 0 Å². The van der Waals surface area contributed by atoms with Crippen LogP contribution in [-0.4, -0.2) is 18.5 Å². The first-order valence-electron chi connectivity index (χ1n) is 5.76.